The van der Waals surface area contributed by atoms with Gasteiger partial charge in [0, 0.05) is 19.5 Å². The minimum Gasteiger partial charge on any atom is -0.341 e. The SMILES string of the molecule is Cc1cccc(CCN2CC(C#N)CCC2=O)c1. The maximum absolute atomic E-state index is 11.8. The van der Waals surface area contributed by atoms with Gasteiger partial charge in [0.25, 0.3) is 0 Å². The van der Waals surface area contributed by atoms with Gasteiger partial charge in [0.2, 0.25) is 5.91 Å². The molecule has 0 radical (unpaired) electrons. The van der Waals surface area contributed by atoms with Crippen LogP contribution in [0.2, 0.25) is 0 Å². The summed E-state index contributed by atoms with van der Waals surface area (Å²) in [5.41, 5.74) is 2.49. The quantitative estimate of drug-likeness (QED) is 0.816. The number of aryl methyl sites for hydroxylation is 1. The Balaban J connectivity index is 1.93. The van der Waals surface area contributed by atoms with Crippen molar-refractivity contribution in [2.45, 2.75) is 26.2 Å². The van der Waals surface area contributed by atoms with Gasteiger partial charge in [-0.1, -0.05) is 29.8 Å². The fourth-order valence-corrected chi connectivity index (χ4v) is 2.37. The minimum atomic E-state index is 0.0141. The Kier molecular flexibility index (Phi) is 3.99. The van der Waals surface area contributed by atoms with Crippen molar-refractivity contribution in [2.24, 2.45) is 5.92 Å². The van der Waals surface area contributed by atoms with Crippen LogP contribution in [-0.2, 0) is 11.2 Å². The van der Waals surface area contributed by atoms with E-state index >= 15 is 0 Å². The van der Waals surface area contributed by atoms with Crippen molar-refractivity contribution in [2.75, 3.05) is 13.1 Å². The smallest absolute Gasteiger partial charge is 0.222 e. The lowest BCUT2D eigenvalue weighted by atomic mass is 9.98. The van der Waals surface area contributed by atoms with Gasteiger partial charge in [-0.25, -0.2) is 0 Å². The van der Waals surface area contributed by atoms with Crippen LogP contribution in [0.25, 0.3) is 0 Å². The molecule has 1 amide bonds. The molecule has 0 aliphatic carbocycles. The standard InChI is InChI=1S/C15H18N2O/c1-12-3-2-4-13(9-12)7-8-17-11-14(10-16)5-6-15(17)18/h2-4,9,14H,5-8,11H2,1H3. The fourth-order valence-electron chi connectivity index (χ4n) is 2.37. The van der Waals surface area contributed by atoms with E-state index in [1.54, 1.807) is 0 Å². The number of piperidine rings is 1. The third kappa shape index (κ3) is 3.10. The second kappa shape index (κ2) is 5.68. The predicted octanol–water partition coefficient (Wildman–Crippen LogP) is 2.30. The first kappa shape index (κ1) is 12.6. The van der Waals surface area contributed by atoms with Crippen LogP contribution in [0.1, 0.15) is 24.0 Å². The summed E-state index contributed by atoms with van der Waals surface area (Å²) in [6, 6.07) is 10.6. The summed E-state index contributed by atoms with van der Waals surface area (Å²) in [6.45, 7) is 3.39. The summed E-state index contributed by atoms with van der Waals surface area (Å²) >= 11 is 0. The van der Waals surface area contributed by atoms with Gasteiger partial charge in [-0.05, 0) is 25.3 Å². The predicted molar refractivity (Wildman–Crippen MR) is 69.8 cm³/mol. The zero-order chi connectivity index (χ0) is 13.0. The van der Waals surface area contributed by atoms with Crippen molar-refractivity contribution in [3.8, 4) is 6.07 Å². The van der Waals surface area contributed by atoms with Crippen LogP contribution in [-0.4, -0.2) is 23.9 Å². The van der Waals surface area contributed by atoms with Crippen molar-refractivity contribution >= 4 is 5.91 Å². The Hall–Kier alpha value is -1.82. The third-order valence-electron chi connectivity index (χ3n) is 3.44. The van der Waals surface area contributed by atoms with E-state index in [1.165, 1.54) is 11.1 Å². The van der Waals surface area contributed by atoms with Crippen LogP contribution in [0.3, 0.4) is 0 Å². The molecule has 1 aliphatic heterocycles. The maximum atomic E-state index is 11.8. The number of nitriles is 1. The van der Waals surface area contributed by atoms with Gasteiger partial charge >= 0.3 is 0 Å². The highest BCUT2D eigenvalue weighted by atomic mass is 16.2. The molecule has 3 heteroatoms. The number of hydrogen-bond donors (Lipinski definition) is 0. The molecular formula is C15H18N2O. The Morgan fingerprint density at radius 2 is 2.33 bits per heavy atom. The van der Waals surface area contributed by atoms with Crippen molar-refractivity contribution in [1.29, 1.82) is 5.26 Å². The van der Waals surface area contributed by atoms with Gasteiger partial charge in [0.1, 0.15) is 0 Å². The molecule has 1 unspecified atom stereocenters. The summed E-state index contributed by atoms with van der Waals surface area (Å²) in [4.78, 5) is 13.6. The van der Waals surface area contributed by atoms with E-state index in [1.807, 2.05) is 11.0 Å². The van der Waals surface area contributed by atoms with Gasteiger partial charge in [-0.2, -0.15) is 5.26 Å². The van der Waals surface area contributed by atoms with Gasteiger partial charge in [0.15, 0.2) is 0 Å². The normalized spacial score (nSPS) is 19.7. The van der Waals surface area contributed by atoms with E-state index < -0.39 is 0 Å². The number of nitrogens with zero attached hydrogens (tertiary/aromatic N) is 2. The van der Waals surface area contributed by atoms with Crippen molar-refractivity contribution in [3.05, 3.63) is 35.4 Å². The van der Waals surface area contributed by atoms with E-state index in [9.17, 15) is 4.79 Å². The molecule has 0 aromatic heterocycles. The van der Waals surface area contributed by atoms with E-state index in [0.717, 1.165) is 19.4 Å². The molecule has 0 spiro atoms. The minimum absolute atomic E-state index is 0.0141. The van der Waals surface area contributed by atoms with E-state index in [0.29, 0.717) is 13.0 Å². The molecule has 0 N–H and O–H groups in total. The van der Waals surface area contributed by atoms with Gasteiger partial charge < -0.3 is 4.90 Å². The summed E-state index contributed by atoms with van der Waals surface area (Å²) in [6.07, 6.45) is 2.11. The third-order valence-corrected chi connectivity index (χ3v) is 3.44. The van der Waals surface area contributed by atoms with Gasteiger partial charge in [0.05, 0.1) is 12.0 Å². The maximum Gasteiger partial charge on any atom is 0.222 e. The number of amides is 1. The number of carbonyl (C=O) groups excluding carboxylic acids is 1. The van der Waals surface area contributed by atoms with Crippen molar-refractivity contribution in [1.82, 2.24) is 4.90 Å². The Morgan fingerprint density at radius 1 is 1.50 bits per heavy atom. The number of carbonyl (C=O) groups is 1. The molecule has 1 aromatic carbocycles. The lowest BCUT2D eigenvalue weighted by Gasteiger charge is -2.29. The average molecular weight is 242 g/mol. The molecule has 1 atom stereocenters. The van der Waals surface area contributed by atoms with Gasteiger partial charge in [-0.15, -0.1) is 0 Å². The molecule has 18 heavy (non-hydrogen) atoms. The first-order valence-corrected chi connectivity index (χ1v) is 6.42. The van der Waals surface area contributed by atoms with Crippen LogP contribution in [0.15, 0.2) is 24.3 Å². The first-order chi connectivity index (χ1) is 8.69. The van der Waals surface area contributed by atoms with Crippen LogP contribution in [0, 0.1) is 24.2 Å². The van der Waals surface area contributed by atoms with Crippen LogP contribution in [0.4, 0.5) is 0 Å². The van der Waals surface area contributed by atoms with E-state index in [4.69, 9.17) is 5.26 Å². The summed E-state index contributed by atoms with van der Waals surface area (Å²) in [7, 11) is 0. The molecule has 0 saturated carbocycles. The molecular weight excluding hydrogens is 224 g/mol. The highest BCUT2D eigenvalue weighted by Crippen LogP contribution is 2.17. The number of rotatable bonds is 3. The molecule has 0 bridgehead atoms. The lowest BCUT2D eigenvalue weighted by Crippen LogP contribution is -2.40. The van der Waals surface area contributed by atoms with Crippen LogP contribution < -0.4 is 0 Å². The molecule has 3 nitrogen and oxygen atoms in total. The highest BCUT2D eigenvalue weighted by Gasteiger charge is 2.24. The molecule has 2 rings (SSSR count). The van der Waals surface area contributed by atoms with Crippen LogP contribution in [0.5, 0.6) is 0 Å². The summed E-state index contributed by atoms with van der Waals surface area (Å²) < 4.78 is 0. The second-order valence-corrected chi connectivity index (χ2v) is 4.94. The largest absolute Gasteiger partial charge is 0.341 e. The molecule has 1 fully saturated rings. The Labute approximate surface area is 108 Å². The van der Waals surface area contributed by atoms with Crippen LogP contribution >= 0.6 is 0 Å². The fraction of sp³-hybridized carbons (Fsp3) is 0.467. The average Bonchev–Trinajstić information content (AvgIpc) is 2.38. The molecule has 1 heterocycles. The Bertz CT molecular complexity index is 476. The van der Waals surface area contributed by atoms with Crippen molar-refractivity contribution < 1.29 is 4.79 Å². The second-order valence-electron chi connectivity index (χ2n) is 4.94. The number of benzene rings is 1. The monoisotopic (exact) mass is 242 g/mol. The summed E-state index contributed by atoms with van der Waals surface area (Å²) in [5.74, 6) is 0.203. The molecule has 1 aliphatic rings. The van der Waals surface area contributed by atoms with Crippen molar-refractivity contribution in [3.63, 3.8) is 0 Å². The van der Waals surface area contributed by atoms with E-state index in [2.05, 4.69) is 31.2 Å². The zero-order valence-corrected chi connectivity index (χ0v) is 10.7. The first-order valence-electron chi connectivity index (χ1n) is 6.42. The lowest BCUT2D eigenvalue weighted by molar-refractivity contribution is -0.134. The number of hydrogen-bond acceptors (Lipinski definition) is 2. The molecule has 94 valence electrons. The van der Waals surface area contributed by atoms with Gasteiger partial charge in [-0.3, -0.25) is 4.79 Å². The molecule has 1 saturated heterocycles. The molecule has 1 aromatic rings. The highest BCUT2D eigenvalue weighted by molar-refractivity contribution is 5.77. The van der Waals surface area contributed by atoms with E-state index in [-0.39, 0.29) is 11.8 Å². The summed E-state index contributed by atoms with van der Waals surface area (Å²) in [5, 5.41) is 8.93. The topological polar surface area (TPSA) is 44.1 Å². The number of likely N-dealkylation sites (tertiary alicyclic amines) is 1. The zero-order valence-electron chi connectivity index (χ0n) is 10.7. The Morgan fingerprint density at radius 3 is 3.06 bits per heavy atom.